The fraction of sp³-hybridized carbons (Fsp3) is 0.583. The lowest BCUT2D eigenvalue weighted by Gasteiger charge is -2.30. The molecule has 2 heterocycles. The maximum Gasteiger partial charge on any atom is 0.265 e. The van der Waals surface area contributed by atoms with E-state index in [0.717, 1.165) is 44.9 Å². The summed E-state index contributed by atoms with van der Waals surface area (Å²) in [5.41, 5.74) is 1.70. The second kappa shape index (κ2) is 10.7. The average Bonchev–Trinajstić information content (AvgIpc) is 3.12. The van der Waals surface area contributed by atoms with Gasteiger partial charge >= 0.3 is 0 Å². The van der Waals surface area contributed by atoms with Crippen molar-refractivity contribution in [2.24, 2.45) is 0 Å². The molecule has 0 atom stereocenters. The highest BCUT2D eigenvalue weighted by Gasteiger charge is 2.31. The summed E-state index contributed by atoms with van der Waals surface area (Å²) >= 11 is 0. The van der Waals surface area contributed by atoms with Crippen molar-refractivity contribution in [3.8, 4) is 5.75 Å². The van der Waals surface area contributed by atoms with Crippen LogP contribution in [0.1, 0.15) is 57.8 Å². The van der Waals surface area contributed by atoms with E-state index in [2.05, 4.69) is 11.4 Å². The van der Waals surface area contributed by atoms with Gasteiger partial charge in [-0.1, -0.05) is 24.5 Å². The smallest absolute Gasteiger partial charge is 0.265 e. The number of nitrogens with zero attached hydrogens (tertiary/aromatic N) is 2. The van der Waals surface area contributed by atoms with Crippen molar-refractivity contribution in [2.75, 3.05) is 37.7 Å². The van der Waals surface area contributed by atoms with Crippen LogP contribution in [0.3, 0.4) is 0 Å². The average molecular weight is 476 g/mol. The van der Waals surface area contributed by atoms with Crippen molar-refractivity contribution < 1.29 is 22.7 Å². The highest BCUT2D eigenvalue weighted by molar-refractivity contribution is 7.89. The number of ether oxygens (including phenoxy) is 1. The molecule has 8 nitrogen and oxygen atoms in total. The zero-order chi connectivity index (χ0) is 23.3. The van der Waals surface area contributed by atoms with E-state index >= 15 is 0 Å². The van der Waals surface area contributed by atoms with Gasteiger partial charge in [0.05, 0.1) is 10.6 Å². The molecule has 0 unspecified atom stereocenters. The van der Waals surface area contributed by atoms with Gasteiger partial charge in [0.25, 0.3) is 5.91 Å². The molecule has 0 bridgehead atoms. The minimum absolute atomic E-state index is 0.121. The van der Waals surface area contributed by atoms with Crippen LogP contribution in [0, 0.1) is 0 Å². The van der Waals surface area contributed by atoms with Gasteiger partial charge in [-0.15, -0.1) is 0 Å². The number of sulfonamides is 1. The zero-order valence-corrected chi connectivity index (χ0v) is 19.9. The number of hydrogen-bond acceptors (Lipinski definition) is 5. The minimum atomic E-state index is -3.68. The topological polar surface area (TPSA) is 96.0 Å². The number of carbonyl (C=O) groups is 2. The molecule has 1 aromatic carbocycles. The lowest BCUT2D eigenvalue weighted by molar-refractivity contribution is -0.125. The maximum atomic E-state index is 13.2. The molecular weight excluding hydrogens is 442 g/mol. The Bertz CT molecular complexity index is 1010. The highest BCUT2D eigenvalue weighted by atomic mass is 32.2. The Hall–Kier alpha value is -2.39. The van der Waals surface area contributed by atoms with Crippen LogP contribution in [0.15, 0.2) is 34.7 Å². The number of anilines is 1. The van der Waals surface area contributed by atoms with Crippen LogP contribution in [0.25, 0.3) is 0 Å². The molecule has 0 saturated carbocycles. The number of rotatable bonds is 7. The molecule has 0 aromatic heterocycles. The van der Waals surface area contributed by atoms with Crippen molar-refractivity contribution in [3.05, 3.63) is 29.8 Å². The monoisotopic (exact) mass is 475 g/mol. The molecular formula is C24H33N3O5S. The third-order valence-electron chi connectivity index (χ3n) is 6.53. The number of carbonyl (C=O) groups excluding carboxylic acids is 2. The predicted octanol–water partition coefficient (Wildman–Crippen LogP) is 2.98. The number of hydrogen-bond donors (Lipinski definition) is 1. The fourth-order valence-corrected chi connectivity index (χ4v) is 6.18. The Morgan fingerprint density at radius 2 is 1.85 bits per heavy atom. The van der Waals surface area contributed by atoms with E-state index in [4.69, 9.17) is 4.74 Å². The van der Waals surface area contributed by atoms with E-state index in [0.29, 0.717) is 31.1 Å². The molecule has 33 heavy (non-hydrogen) atoms. The molecule has 1 N–H and O–H groups in total. The summed E-state index contributed by atoms with van der Waals surface area (Å²) in [6.45, 7) is 1.18. The summed E-state index contributed by atoms with van der Waals surface area (Å²) in [4.78, 5) is 26.6. The first-order valence-corrected chi connectivity index (χ1v) is 13.4. The molecule has 3 aliphatic rings. The van der Waals surface area contributed by atoms with Gasteiger partial charge in [0.1, 0.15) is 12.3 Å². The Labute approximate surface area is 196 Å². The molecule has 180 valence electrons. The number of nitrogens with one attached hydrogen (secondary N) is 1. The number of amides is 2. The van der Waals surface area contributed by atoms with Gasteiger partial charge in [0, 0.05) is 19.6 Å². The zero-order valence-electron chi connectivity index (χ0n) is 19.1. The van der Waals surface area contributed by atoms with Crippen molar-refractivity contribution in [3.63, 3.8) is 0 Å². The summed E-state index contributed by atoms with van der Waals surface area (Å²) in [7, 11) is -3.68. The van der Waals surface area contributed by atoms with E-state index in [1.807, 2.05) is 0 Å². The quantitative estimate of drug-likeness (QED) is 0.612. The summed E-state index contributed by atoms with van der Waals surface area (Å²) < 4.78 is 33.5. The molecule has 4 rings (SSSR count). The van der Waals surface area contributed by atoms with Gasteiger partial charge in [0.2, 0.25) is 15.9 Å². The highest BCUT2D eigenvalue weighted by Crippen LogP contribution is 2.35. The Balaban J connectivity index is 1.46. The number of benzene rings is 1. The standard InChI is InChI=1S/C24H33N3O5S/c28-23(25-13-12-19-8-4-3-5-9-19)17-27-21-16-20(10-11-22(21)32-18-24(27)29)33(30,31)26-14-6-1-2-7-15-26/h8,10-11,16H,1-7,9,12-15,17-18H2,(H,25,28). The Morgan fingerprint density at radius 3 is 2.58 bits per heavy atom. The van der Waals surface area contributed by atoms with Crippen LogP contribution in [0.4, 0.5) is 5.69 Å². The molecule has 1 aromatic rings. The molecule has 0 radical (unpaired) electrons. The van der Waals surface area contributed by atoms with Crippen molar-refractivity contribution >= 4 is 27.5 Å². The van der Waals surface area contributed by atoms with Crippen molar-refractivity contribution in [1.82, 2.24) is 9.62 Å². The Kier molecular flexibility index (Phi) is 7.70. The van der Waals surface area contributed by atoms with Crippen LogP contribution in [0.5, 0.6) is 5.75 Å². The van der Waals surface area contributed by atoms with Gasteiger partial charge in [-0.3, -0.25) is 14.5 Å². The summed E-state index contributed by atoms with van der Waals surface area (Å²) in [6, 6.07) is 4.56. The lowest BCUT2D eigenvalue weighted by atomic mass is 9.97. The van der Waals surface area contributed by atoms with Crippen molar-refractivity contribution in [2.45, 2.75) is 62.7 Å². The van der Waals surface area contributed by atoms with Gasteiger partial charge in [-0.2, -0.15) is 4.31 Å². The second-order valence-corrected chi connectivity index (χ2v) is 10.9. The van der Waals surface area contributed by atoms with Crippen LogP contribution in [-0.2, 0) is 19.6 Å². The van der Waals surface area contributed by atoms with Crippen LogP contribution in [-0.4, -0.2) is 57.3 Å². The molecule has 1 saturated heterocycles. The second-order valence-electron chi connectivity index (χ2n) is 8.92. The van der Waals surface area contributed by atoms with Gasteiger partial charge in [0.15, 0.2) is 6.61 Å². The fourth-order valence-electron chi connectivity index (χ4n) is 4.64. The van der Waals surface area contributed by atoms with Gasteiger partial charge < -0.3 is 10.1 Å². The molecule has 2 aliphatic heterocycles. The predicted molar refractivity (Wildman–Crippen MR) is 126 cm³/mol. The molecule has 1 fully saturated rings. The summed E-state index contributed by atoms with van der Waals surface area (Å²) in [6.07, 6.45) is 11.4. The first-order chi connectivity index (χ1) is 15.9. The van der Waals surface area contributed by atoms with Gasteiger partial charge in [-0.25, -0.2) is 8.42 Å². The van der Waals surface area contributed by atoms with E-state index in [1.165, 1.54) is 39.8 Å². The van der Waals surface area contributed by atoms with E-state index in [1.54, 1.807) is 6.07 Å². The van der Waals surface area contributed by atoms with Crippen LogP contribution in [0.2, 0.25) is 0 Å². The van der Waals surface area contributed by atoms with E-state index in [9.17, 15) is 18.0 Å². The SMILES string of the molecule is O=C(CN1C(=O)COc2ccc(S(=O)(=O)N3CCCCCC3)cc21)NCCC1=CCCCC1. The minimum Gasteiger partial charge on any atom is -0.482 e. The van der Waals surface area contributed by atoms with Gasteiger partial charge in [-0.05, 0) is 63.1 Å². The van der Waals surface area contributed by atoms with E-state index < -0.39 is 10.0 Å². The van der Waals surface area contributed by atoms with Crippen LogP contribution < -0.4 is 15.0 Å². The normalized spacial score (nSPS) is 19.8. The van der Waals surface area contributed by atoms with Crippen LogP contribution >= 0.6 is 0 Å². The molecule has 1 aliphatic carbocycles. The first kappa shape index (κ1) is 23.8. The van der Waals surface area contributed by atoms with Crippen molar-refractivity contribution in [1.29, 1.82) is 0 Å². The number of fused-ring (bicyclic) bond motifs is 1. The molecule has 0 spiro atoms. The summed E-state index contributed by atoms with van der Waals surface area (Å²) in [5.74, 6) is -0.227. The lowest BCUT2D eigenvalue weighted by Crippen LogP contribution is -2.45. The number of allylic oxidation sites excluding steroid dienone is 1. The third kappa shape index (κ3) is 5.76. The largest absolute Gasteiger partial charge is 0.482 e. The molecule has 9 heteroatoms. The molecule has 2 amide bonds. The Morgan fingerprint density at radius 1 is 1.06 bits per heavy atom. The third-order valence-corrected chi connectivity index (χ3v) is 8.43. The van der Waals surface area contributed by atoms with E-state index in [-0.39, 0.29) is 29.9 Å². The maximum absolute atomic E-state index is 13.2. The summed E-state index contributed by atoms with van der Waals surface area (Å²) in [5, 5.41) is 2.89. The first-order valence-electron chi connectivity index (χ1n) is 12.0.